The lowest BCUT2D eigenvalue weighted by Crippen LogP contribution is -2.26. The number of ether oxygens (including phenoxy) is 3. The molecule has 0 aromatic heterocycles. The van der Waals surface area contributed by atoms with Gasteiger partial charge >= 0.3 is 5.97 Å². The average molecular weight is 252 g/mol. The second kappa shape index (κ2) is 5.73. The lowest BCUT2D eigenvalue weighted by Gasteiger charge is -2.24. The van der Waals surface area contributed by atoms with E-state index in [2.05, 4.69) is 0 Å². The molecule has 0 saturated carbocycles. The average Bonchev–Trinajstić information content (AvgIpc) is 2.40. The Labute approximate surface area is 105 Å². The number of aromatic carboxylic acids is 1. The zero-order chi connectivity index (χ0) is 13.0. The minimum absolute atomic E-state index is 0.100. The van der Waals surface area contributed by atoms with Gasteiger partial charge < -0.3 is 19.3 Å². The van der Waals surface area contributed by atoms with Crippen LogP contribution >= 0.6 is 0 Å². The van der Waals surface area contributed by atoms with Gasteiger partial charge in [0.25, 0.3) is 0 Å². The lowest BCUT2D eigenvalue weighted by molar-refractivity contribution is 0.0245. The molecule has 0 spiro atoms. The predicted molar refractivity (Wildman–Crippen MR) is 64.4 cm³/mol. The van der Waals surface area contributed by atoms with Crippen molar-refractivity contribution in [1.29, 1.82) is 0 Å². The largest absolute Gasteiger partial charge is 0.493 e. The van der Waals surface area contributed by atoms with Gasteiger partial charge in [0.2, 0.25) is 0 Å². The van der Waals surface area contributed by atoms with Gasteiger partial charge in [0.15, 0.2) is 11.5 Å². The number of carboxylic acids is 1. The molecule has 1 aromatic rings. The van der Waals surface area contributed by atoms with E-state index in [9.17, 15) is 4.79 Å². The van der Waals surface area contributed by atoms with E-state index in [-0.39, 0.29) is 11.7 Å². The minimum Gasteiger partial charge on any atom is -0.493 e. The highest BCUT2D eigenvalue weighted by Gasteiger charge is 2.18. The Morgan fingerprint density at radius 3 is 2.67 bits per heavy atom. The summed E-state index contributed by atoms with van der Waals surface area (Å²) in [7, 11) is 1.50. The number of carboxylic acid groups (broad SMARTS) is 1. The summed E-state index contributed by atoms with van der Waals surface area (Å²) in [6.07, 6.45) is 1.77. The summed E-state index contributed by atoms with van der Waals surface area (Å²) >= 11 is 0. The SMILES string of the molecule is COc1cc(C(=O)O)ccc1OC1CCOCC1. The van der Waals surface area contributed by atoms with Crippen molar-refractivity contribution in [3.05, 3.63) is 23.8 Å². The Morgan fingerprint density at radius 2 is 2.06 bits per heavy atom. The van der Waals surface area contributed by atoms with Crippen LogP contribution in [0.5, 0.6) is 11.5 Å². The molecule has 1 saturated heterocycles. The molecule has 1 aromatic carbocycles. The molecule has 98 valence electrons. The molecular formula is C13H16O5. The quantitative estimate of drug-likeness (QED) is 0.887. The molecule has 5 heteroatoms. The molecule has 1 aliphatic heterocycles. The molecule has 0 amide bonds. The van der Waals surface area contributed by atoms with Crippen molar-refractivity contribution in [3.8, 4) is 11.5 Å². The first-order valence-electron chi connectivity index (χ1n) is 5.86. The van der Waals surface area contributed by atoms with E-state index < -0.39 is 5.97 Å². The highest BCUT2D eigenvalue weighted by molar-refractivity contribution is 5.88. The summed E-state index contributed by atoms with van der Waals surface area (Å²) in [6, 6.07) is 4.62. The molecule has 18 heavy (non-hydrogen) atoms. The summed E-state index contributed by atoms with van der Waals surface area (Å²) in [5.41, 5.74) is 0.186. The van der Waals surface area contributed by atoms with Crippen LogP contribution in [0.25, 0.3) is 0 Å². The minimum atomic E-state index is -0.981. The Hall–Kier alpha value is -1.75. The summed E-state index contributed by atoms with van der Waals surface area (Å²) in [5, 5.41) is 8.90. The third kappa shape index (κ3) is 2.92. The van der Waals surface area contributed by atoms with Gasteiger partial charge in [-0.3, -0.25) is 0 Å². The Balaban J connectivity index is 2.13. The van der Waals surface area contributed by atoms with Crippen LogP contribution in [0.4, 0.5) is 0 Å². The molecule has 1 fully saturated rings. The van der Waals surface area contributed by atoms with E-state index in [0.29, 0.717) is 24.7 Å². The second-order valence-electron chi connectivity index (χ2n) is 4.10. The first kappa shape index (κ1) is 12.7. The maximum absolute atomic E-state index is 10.9. The Bertz CT molecular complexity index is 423. The molecule has 1 heterocycles. The summed E-state index contributed by atoms with van der Waals surface area (Å²) < 4.78 is 16.2. The first-order chi connectivity index (χ1) is 8.70. The number of benzene rings is 1. The number of rotatable bonds is 4. The van der Waals surface area contributed by atoms with Crippen LogP contribution in [0.2, 0.25) is 0 Å². The summed E-state index contributed by atoms with van der Waals surface area (Å²) in [6.45, 7) is 1.39. The van der Waals surface area contributed by atoms with Crippen LogP contribution in [-0.2, 0) is 4.74 Å². The molecule has 5 nitrogen and oxygen atoms in total. The van der Waals surface area contributed by atoms with Gasteiger partial charge in [-0.1, -0.05) is 0 Å². The summed E-state index contributed by atoms with van der Waals surface area (Å²) in [4.78, 5) is 10.9. The van der Waals surface area contributed by atoms with E-state index in [1.54, 1.807) is 6.07 Å². The maximum atomic E-state index is 10.9. The highest BCUT2D eigenvalue weighted by atomic mass is 16.5. The van der Waals surface area contributed by atoms with Crippen molar-refractivity contribution in [1.82, 2.24) is 0 Å². The molecule has 0 bridgehead atoms. The van der Waals surface area contributed by atoms with Gasteiger partial charge in [-0.05, 0) is 18.2 Å². The van der Waals surface area contributed by atoms with Gasteiger partial charge in [0.1, 0.15) is 6.10 Å². The van der Waals surface area contributed by atoms with Crippen molar-refractivity contribution in [2.24, 2.45) is 0 Å². The third-order valence-corrected chi connectivity index (χ3v) is 2.87. The van der Waals surface area contributed by atoms with Crippen molar-refractivity contribution in [2.45, 2.75) is 18.9 Å². The standard InChI is InChI=1S/C13H16O5/c1-16-12-8-9(13(14)15)2-3-11(12)18-10-4-6-17-7-5-10/h2-3,8,10H,4-7H2,1H3,(H,14,15). The van der Waals surface area contributed by atoms with Crippen molar-refractivity contribution < 1.29 is 24.1 Å². The second-order valence-corrected chi connectivity index (χ2v) is 4.10. The highest BCUT2D eigenvalue weighted by Crippen LogP contribution is 2.30. The summed E-state index contributed by atoms with van der Waals surface area (Å²) in [5.74, 6) is 0.0432. The normalized spacial score (nSPS) is 16.3. The fourth-order valence-corrected chi connectivity index (χ4v) is 1.87. The zero-order valence-electron chi connectivity index (χ0n) is 10.2. The van der Waals surface area contributed by atoms with Gasteiger partial charge in [-0.25, -0.2) is 4.79 Å². The predicted octanol–water partition coefficient (Wildman–Crippen LogP) is 1.95. The fraction of sp³-hybridized carbons (Fsp3) is 0.462. The van der Waals surface area contributed by atoms with Crippen molar-refractivity contribution in [2.75, 3.05) is 20.3 Å². The van der Waals surface area contributed by atoms with Crippen LogP contribution in [0.1, 0.15) is 23.2 Å². The fourth-order valence-electron chi connectivity index (χ4n) is 1.87. The zero-order valence-corrected chi connectivity index (χ0v) is 10.2. The molecule has 2 rings (SSSR count). The van der Waals surface area contributed by atoms with Crippen LogP contribution in [0.15, 0.2) is 18.2 Å². The van der Waals surface area contributed by atoms with Gasteiger partial charge in [0, 0.05) is 12.8 Å². The number of carbonyl (C=O) groups is 1. The van der Waals surface area contributed by atoms with E-state index >= 15 is 0 Å². The number of methoxy groups -OCH3 is 1. The van der Waals surface area contributed by atoms with Crippen LogP contribution < -0.4 is 9.47 Å². The van der Waals surface area contributed by atoms with E-state index in [1.165, 1.54) is 19.2 Å². The van der Waals surface area contributed by atoms with Crippen LogP contribution in [0.3, 0.4) is 0 Å². The van der Waals surface area contributed by atoms with Gasteiger partial charge in [-0.15, -0.1) is 0 Å². The molecule has 0 atom stereocenters. The van der Waals surface area contributed by atoms with Gasteiger partial charge in [0.05, 0.1) is 25.9 Å². The van der Waals surface area contributed by atoms with Gasteiger partial charge in [-0.2, -0.15) is 0 Å². The van der Waals surface area contributed by atoms with E-state index in [4.69, 9.17) is 19.3 Å². The Morgan fingerprint density at radius 1 is 1.33 bits per heavy atom. The molecule has 1 N–H and O–H groups in total. The van der Waals surface area contributed by atoms with E-state index in [0.717, 1.165) is 12.8 Å². The number of hydrogen-bond acceptors (Lipinski definition) is 4. The molecule has 0 aliphatic carbocycles. The third-order valence-electron chi connectivity index (χ3n) is 2.87. The monoisotopic (exact) mass is 252 g/mol. The van der Waals surface area contributed by atoms with E-state index in [1.807, 2.05) is 0 Å². The maximum Gasteiger partial charge on any atom is 0.335 e. The Kier molecular flexibility index (Phi) is 4.04. The topological polar surface area (TPSA) is 65.0 Å². The molecule has 1 aliphatic rings. The van der Waals surface area contributed by atoms with Crippen LogP contribution in [0, 0.1) is 0 Å². The van der Waals surface area contributed by atoms with Crippen molar-refractivity contribution in [3.63, 3.8) is 0 Å². The lowest BCUT2D eigenvalue weighted by atomic mass is 10.1. The van der Waals surface area contributed by atoms with Crippen molar-refractivity contribution >= 4 is 5.97 Å². The first-order valence-corrected chi connectivity index (χ1v) is 5.86. The molecule has 0 unspecified atom stereocenters. The number of hydrogen-bond donors (Lipinski definition) is 1. The molecule has 0 radical (unpaired) electrons. The molecular weight excluding hydrogens is 236 g/mol. The smallest absolute Gasteiger partial charge is 0.335 e. The van der Waals surface area contributed by atoms with Crippen LogP contribution in [-0.4, -0.2) is 37.5 Å².